The summed E-state index contributed by atoms with van der Waals surface area (Å²) in [5, 5.41) is 7.48. The van der Waals surface area contributed by atoms with Crippen LogP contribution >= 0.6 is 0 Å². The number of aryl methyl sites for hydroxylation is 1. The van der Waals surface area contributed by atoms with Crippen LogP contribution in [0.5, 0.6) is 0 Å². The van der Waals surface area contributed by atoms with Crippen molar-refractivity contribution in [2.75, 3.05) is 26.3 Å². The minimum Gasteiger partial charge on any atom is -0.444 e. The van der Waals surface area contributed by atoms with Crippen molar-refractivity contribution < 1.29 is 14.3 Å². The van der Waals surface area contributed by atoms with E-state index < -0.39 is 5.60 Å². The molecule has 7 heteroatoms. The quantitative estimate of drug-likeness (QED) is 0.903. The molecule has 0 aromatic carbocycles. The second kappa shape index (κ2) is 7.11. The van der Waals surface area contributed by atoms with Crippen molar-refractivity contribution in [1.29, 1.82) is 0 Å². The first-order valence-electron chi connectivity index (χ1n) is 7.61. The first-order chi connectivity index (χ1) is 10.3. The number of amides is 1. The lowest BCUT2D eigenvalue weighted by atomic mass is 10.2. The van der Waals surface area contributed by atoms with Crippen LogP contribution in [-0.4, -0.2) is 58.7 Å². The molecule has 1 fully saturated rings. The number of ether oxygens (including phenoxy) is 2. The molecule has 124 valence electrons. The first-order valence-corrected chi connectivity index (χ1v) is 7.61. The molecule has 0 spiro atoms. The summed E-state index contributed by atoms with van der Waals surface area (Å²) in [6.45, 7) is 8.65. The average Bonchev–Trinajstić information content (AvgIpc) is 2.83. The molecular formula is C15H26N4O3. The standard InChI is InChI=1S/C15H26N4O3/c1-15(2,3)22-14(20)19-5-6-21-11-13(19)9-16-7-12-8-17-18(4)10-12/h8,10,13,16H,5-7,9,11H2,1-4H3. The molecule has 1 aromatic rings. The van der Waals surface area contributed by atoms with Gasteiger partial charge in [0, 0.05) is 38.4 Å². The molecule has 1 saturated heterocycles. The summed E-state index contributed by atoms with van der Waals surface area (Å²) in [5.74, 6) is 0. The molecule has 2 heterocycles. The lowest BCUT2D eigenvalue weighted by Gasteiger charge is -2.36. The van der Waals surface area contributed by atoms with Gasteiger partial charge in [-0.15, -0.1) is 0 Å². The van der Waals surface area contributed by atoms with Crippen LogP contribution in [0.25, 0.3) is 0 Å². The third kappa shape index (κ3) is 4.99. The normalized spacial score (nSPS) is 19.3. The Hall–Kier alpha value is -1.60. The predicted molar refractivity (Wildman–Crippen MR) is 82.5 cm³/mol. The van der Waals surface area contributed by atoms with Gasteiger partial charge in [0.05, 0.1) is 25.5 Å². The Morgan fingerprint density at radius 1 is 1.55 bits per heavy atom. The van der Waals surface area contributed by atoms with Crippen LogP contribution in [-0.2, 0) is 23.1 Å². The van der Waals surface area contributed by atoms with Crippen molar-refractivity contribution in [1.82, 2.24) is 20.0 Å². The number of morpholine rings is 1. The van der Waals surface area contributed by atoms with Crippen LogP contribution in [0.3, 0.4) is 0 Å². The van der Waals surface area contributed by atoms with Crippen molar-refractivity contribution in [3.8, 4) is 0 Å². The minimum atomic E-state index is -0.483. The van der Waals surface area contributed by atoms with E-state index in [4.69, 9.17) is 9.47 Å². The van der Waals surface area contributed by atoms with E-state index in [0.717, 1.165) is 5.56 Å². The van der Waals surface area contributed by atoms with Gasteiger partial charge in [0.25, 0.3) is 0 Å². The second-order valence-electron chi connectivity index (χ2n) is 6.56. The van der Waals surface area contributed by atoms with Crippen molar-refractivity contribution in [3.05, 3.63) is 18.0 Å². The Labute approximate surface area is 131 Å². The lowest BCUT2D eigenvalue weighted by Crippen LogP contribution is -2.53. The summed E-state index contributed by atoms with van der Waals surface area (Å²) in [6.07, 6.45) is 3.52. The maximum absolute atomic E-state index is 12.3. The van der Waals surface area contributed by atoms with Gasteiger partial charge in [0.1, 0.15) is 5.60 Å². The zero-order valence-corrected chi connectivity index (χ0v) is 13.8. The molecule has 2 rings (SSSR count). The monoisotopic (exact) mass is 310 g/mol. The molecule has 22 heavy (non-hydrogen) atoms. The smallest absolute Gasteiger partial charge is 0.410 e. The molecule has 1 aliphatic rings. The van der Waals surface area contributed by atoms with Gasteiger partial charge in [-0.3, -0.25) is 9.58 Å². The molecular weight excluding hydrogens is 284 g/mol. The zero-order valence-electron chi connectivity index (χ0n) is 13.8. The van der Waals surface area contributed by atoms with Gasteiger partial charge in [0.2, 0.25) is 0 Å². The van der Waals surface area contributed by atoms with Crippen molar-refractivity contribution >= 4 is 6.09 Å². The highest BCUT2D eigenvalue weighted by atomic mass is 16.6. The van der Waals surface area contributed by atoms with Crippen LogP contribution in [0.1, 0.15) is 26.3 Å². The van der Waals surface area contributed by atoms with E-state index in [1.54, 1.807) is 9.58 Å². The lowest BCUT2D eigenvalue weighted by molar-refractivity contribution is -0.0317. The van der Waals surface area contributed by atoms with Gasteiger partial charge < -0.3 is 14.8 Å². The first kappa shape index (κ1) is 16.8. The largest absolute Gasteiger partial charge is 0.444 e. The molecule has 1 N–H and O–H groups in total. The highest BCUT2D eigenvalue weighted by molar-refractivity contribution is 5.68. The predicted octanol–water partition coefficient (Wildman–Crippen LogP) is 1.15. The maximum atomic E-state index is 12.3. The summed E-state index contributed by atoms with van der Waals surface area (Å²) in [6, 6.07) is -0.0136. The number of rotatable bonds is 4. The highest BCUT2D eigenvalue weighted by Gasteiger charge is 2.30. The van der Waals surface area contributed by atoms with Crippen LogP contribution in [0.4, 0.5) is 4.79 Å². The molecule has 1 unspecified atom stereocenters. The number of aromatic nitrogens is 2. The summed E-state index contributed by atoms with van der Waals surface area (Å²) in [7, 11) is 1.89. The van der Waals surface area contributed by atoms with Crippen molar-refractivity contribution in [2.24, 2.45) is 7.05 Å². The van der Waals surface area contributed by atoms with Crippen LogP contribution in [0.15, 0.2) is 12.4 Å². The zero-order chi connectivity index (χ0) is 16.2. The van der Waals surface area contributed by atoms with Crippen LogP contribution < -0.4 is 5.32 Å². The van der Waals surface area contributed by atoms with Gasteiger partial charge in [-0.25, -0.2) is 4.79 Å². The van der Waals surface area contributed by atoms with Crippen LogP contribution in [0, 0.1) is 0 Å². The van der Waals surface area contributed by atoms with Gasteiger partial charge in [0.15, 0.2) is 0 Å². The molecule has 1 aromatic heterocycles. The molecule has 7 nitrogen and oxygen atoms in total. The Morgan fingerprint density at radius 3 is 2.95 bits per heavy atom. The Kier molecular flexibility index (Phi) is 5.42. The number of nitrogens with zero attached hydrogens (tertiary/aromatic N) is 3. The Bertz CT molecular complexity index is 495. The van der Waals surface area contributed by atoms with Crippen molar-refractivity contribution in [2.45, 2.75) is 39.0 Å². The SMILES string of the molecule is Cn1cc(CNCC2COCCN2C(=O)OC(C)(C)C)cn1. The third-order valence-electron chi connectivity index (χ3n) is 3.32. The fraction of sp³-hybridized carbons (Fsp3) is 0.733. The summed E-state index contributed by atoms with van der Waals surface area (Å²) in [5.41, 5.74) is 0.631. The highest BCUT2D eigenvalue weighted by Crippen LogP contribution is 2.14. The van der Waals surface area contributed by atoms with Crippen molar-refractivity contribution in [3.63, 3.8) is 0 Å². The number of carbonyl (C=O) groups excluding carboxylic acids is 1. The van der Waals surface area contributed by atoms with E-state index >= 15 is 0 Å². The van der Waals surface area contributed by atoms with Gasteiger partial charge >= 0.3 is 6.09 Å². The van der Waals surface area contributed by atoms with Gasteiger partial charge in [-0.05, 0) is 20.8 Å². The van der Waals surface area contributed by atoms with E-state index in [9.17, 15) is 4.79 Å². The molecule has 0 saturated carbocycles. The van der Waals surface area contributed by atoms with Crippen LogP contribution in [0.2, 0.25) is 0 Å². The van der Waals surface area contributed by atoms with E-state index in [2.05, 4.69) is 10.4 Å². The van der Waals surface area contributed by atoms with Gasteiger partial charge in [-0.2, -0.15) is 5.10 Å². The Morgan fingerprint density at radius 2 is 2.32 bits per heavy atom. The summed E-state index contributed by atoms with van der Waals surface area (Å²) in [4.78, 5) is 14.0. The molecule has 1 amide bonds. The molecule has 1 aliphatic heterocycles. The maximum Gasteiger partial charge on any atom is 0.410 e. The van der Waals surface area contributed by atoms with E-state index in [0.29, 0.717) is 32.8 Å². The van der Waals surface area contributed by atoms with E-state index in [1.165, 1.54) is 0 Å². The molecule has 0 aliphatic carbocycles. The molecule has 0 radical (unpaired) electrons. The fourth-order valence-corrected chi connectivity index (χ4v) is 2.33. The van der Waals surface area contributed by atoms with Gasteiger partial charge in [-0.1, -0.05) is 0 Å². The topological polar surface area (TPSA) is 68.6 Å². The number of carbonyl (C=O) groups is 1. The molecule has 0 bridgehead atoms. The fourth-order valence-electron chi connectivity index (χ4n) is 2.33. The third-order valence-corrected chi connectivity index (χ3v) is 3.32. The average molecular weight is 310 g/mol. The molecule has 1 atom stereocenters. The number of nitrogens with one attached hydrogen (secondary N) is 1. The van der Waals surface area contributed by atoms with E-state index in [-0.39, 0.29) is 12.1 Å². The number of hydrogen-bond acceptors (Lipinski definition) is 5. The number of hydrogen-bond donors (Lipinski definition) is 1. The minimum absolute atomic E-state index is 0.0136. The Balaban J connectivity index is 1.85. The second-order valence-corrected chi connectivity index (χ2v) is 6.56. The summed E-state index contributed by atoms with van der Waals surface area (Å²) < 4.78 is 12.7. The summed E-state index contributed by atoms with van der Waals surface area (Å²) >= 11 is 0. The van der Waals surface area contributed by atoms with E-state index in [1.807, 2.05) is 40.2 Å².